The van der Waals surface area contributed by atoms with E-state index in [2.05, 4.69) is 108 Å². The highest BCUT2D eigenvalue weighted by Crippen LogP contribution is 2.36. The average molecular weight is 542 g/mol. The summed E-state index contributed by atoms with van der Waals surface area (Å²) in [6, 6.07) is 29.3. The Balaban J connectivity index is 1.78. The fourth-order valence-corrected chi connectivity index (χ4v) is 5.36. The maximum atomic E-state index is 5.18. The maximum Gasteiger partial charge on any atom is 0.221 e. The van der Waals surface area contributed by atoms with Crippen molar-refractivity contribution in [3.05, 3.63) is 93.9 Å². The lowest BCUT2D eigenvalue weighted by molar-refractivity contribution is 0.979. The molecule has 0 aliphatic heterocycles. The number of aromatic nitrogens is 4. The molecule has 0 N–H and O–H groups in total. The molecule has 32 heavy (non-hydrogen) atoms. The van der Waals surface area contributed by atoms with Crippen LogP contribution >= 0.6 is 31.9 Å². The van der Waals surface area contributed by atoms with Crippen molar-refractivity contribution >= 4 is 81.2 Å². The van der Waals surface area contributed by atoms with Gasteiger partial charge in [0.15, 0.2) is 0 Å². The fourth-order valence-electron chi connectivity index (χ4n) is 4.66. The zero-order valence-corrected chi connectivity index (χ0v) is 19.8. The third-order valence-electron chi connectivity index (χ3n) is 6.02. The molecule has 0 saturated heterocycles. The summed E-state index contributed by atoms with van der Waals surface area (Å²) in [6.45, 7) is 0. The molecule has 0 radical (unpaired) electrons. The minimum absolute atomic E-state index is 0.823. The van der Waals surface area contributed by atoms with Gasteiger partial charge in [0, 0.05) is 25.1 Å². The van der Waals surface area contributed by atoms with Crippen molar-refractivity contribution in [1.29, 1.82) is 0 Å². The van der Waals surface area contributed by atoms with Gasteiger partial charge < -0.3 is 0 Å². The van der Waals surface area contributed by atoms with Crippen LogP contribution in [0.5, 0.6) is 0 Å². The molecule has 152 valence electrons. The molecule has 0 aliphatic carbocycles. The van der Waals surface area contributed by atoms with Crippen LogP contribution in [0.4, 0.5) is 0 Å². The number of para-hydroxylation sites is 3. The number of imidazole rings is 1. The Kier molecular flexibility index (Phi) is 3.81. The van der Waals surface area contributed by atoms with Gasteiger partial charge in [0.25, 0.3) is 0 Å². The van der Waals surface area contributed by atoms with E-state index < -0.39 is 0 Å². The molecule has 3 heterocycles. The topological polar surface area (TPSA) is 35.1 Å². The first-order valence-corrected chi connectivity index (χ1v) is 11.8. The van der Waals surface area contributed by atoms with Gasteiger partial charge in [-0.05, 0) is 48.5 Å². The molecule has 0 atom stereocenters. The van der Waals surface area contributed by atoms with Crippen LogP contribution in [0.1, 0.15) is 0 Å². The smallest absolute Gasteiger partial charge is 0.221 e. The first-order chi connectivity index (χ1) is 15.7. The predicted octanol–water partition coefficient (Wildman–Crippen LogP) is 7.66. The van der Waals surface area contributed by atoms with Gasteiger partial charge in [-0.2, -0.15) is 0 Å². The van der Waals surface area contributed by atoms with Crippen LogP contribution in [0.3, 0.4) is 0 Å². The zero-order chi connectivity index (χ0) is 21.4. The third kappa shape index (κ3) is 2.48. The summed E-state index contributed by atoms with van der Waals surface area (Å²) in [5.41, 5.74) is 6.01. The van der Waals surface area contributed by atoms with Crippen molar-refractivity contribution in [3.8, 4) is 5.95 Å². The van der Waals surface area contributed by atoms with Gasteiger partial charge >= 0.3 is 0 Å². The van der Waals surface area contributed by atoms with Crippen molar-refractivity contribution in [2.24, 2.45) is 0 Å². The number of rotatable bonds is 1. The minimum Gasteiger partial charge on any atom is -0.279 e. The number of nitrogens with zero attached hydrogens (tertiary/aromatic N) is 4. The molecule has 0 aliphatic rings. The molecule has 0 saturated carbocycles. The Morgan fingerprint density at radius 2 is 1.19 bits per heavy atom. The molecule has 7 rings (SSSR count). The van der Waals surface area contributed by atoms with Crippen LogP contribution in [0.15, 0.2) is 93.9 Å². The van der Waals surface area contributed by atoms with Gasteiger partial charge in [-0.3, -0.25) is 8.97 Å². The maximum absolute atomic E-state index is 5.18. The summed E-state index contributed by atoms with van der Waals surface area (Å²) in [5.74, 6) is 0.823. The van der Waals surface area contributed by atoms with E-state index in [1.807, 2.05) is 18.2 Å². The minimum atomic E-state index is 0.823. The summed E-state index contributed by atoms with van der Waals surface area (Å²) < 4.78 is 6.48. The Morgan fingerprint density at radius 1 is 0.562 bits per heavy atom. The largest absolute Gasteiger partial charge is 0.279 e. The van der Waals surface area contributed by atoms with Crippen LogP contribution in [0, 0.1) is 0 Å². The van der Waals surface area contributed by atoms with E-state index in [4.69, 9.17) is 9.97 Å². The van der Waals surface area contributed by atoms with Crippen LogP contribution in [0.2, 0.25) is 0 Å². The molecule has 0 spiro atoms. The molecule has 0 bridgehead atoms. The van der Waals surface area contributed by atoms with Gasteiger partial charge in [-0.1, -0.05) is 68.3 Å². The van der Waals surface area contributed by atoms with Crippen molar-refractivity contribution in [1.82, 2.24) is 18.9 Å². The Bertz CT molecular complexity index is 1800. The van der Waals surface area contributed by atoms with Crippen LogP contribution in [-0.2, 0) is 0 Å². The summed E-state index contributed by atoms with van der Waals surface area (Å²) in [4.78, 5) is 10.2. The summed E-state index contributed by atoms with van der Waals surface area (Å²) in [5, 5.41) is 3.40. The molecule has 0 fully saturated rings. The van der Waals surface area contributed by atoms with Crippen LogP contribution in [-0.4, -0.2) is 18.9 Å². The first kappa shape index (κ1) is 18.4. The molecule has 6 heteroatoms. The summed E-state index contributed by atoms with van der Waals surface area (Å²) >= 11 is 7.34. The van der Waals surface area contributed by atoms with E-state index in [0.29, 0.717) is 0 Å². The number of hydrogen-bond donors (Lipinski definition) is 0. The fraction of sp³-hybridized carbons (Fsp3) is 0. The SMILES string of the molecule is Brc1ccc2c3ccc(Br)cc3n(-c3nc4ccccc4c4nc5ccccc5n34)c2c1. The van der Waals surface area contributed by atoms with Gasteiger partial charge in [0.1, 0.15) is 5.65 Å². The van der Waals surface area contributed by atoms with E-state index in [1.54, 1.807) is 0 Å². The number of benzene rings is 4. The molecule has 0 amide bonds. The lowest BCUT2D eigenvalue weighted by atomic mass is 10.2. The second-order valence-electron chi connectivity index (χ2n) is 7.85. The average Bonchev–Trinajstić information content (AvgIpc) is 3.34. The van der Waals surface area contributed by atoms with Crippen molar-refractivity contribution in [2.75, 3.05) is 0 Å². The normalized spacial score (nSPS) is 12.1. The summed E-state index contributed by atoms with van der Waals surface area (Å²) in [7, 11) is 0. The monoisotopic (exact) mass is 540 g/mol. The highest BCUT2D eigenvalue weighted by molar-refractivity contribution is 9.10. The molecule has 4 aromatic carbocycles. The second-order valence-corrected chi connectivity index (χ2v) is 9.68. The van der Waals surface area contributed by atoms with E-state index in [9.17, 15) is 0 Å². The number of halogens is 2. The zero-order valence-electron chi connectivity index (χ0n) is 16.6. The van der Waals surface area contributed by atoms with Gasteiger partial charge in [0.05, 0.1) is 27.6 Å². The number of fused-ring (bicyclic) bond motifs is 8. The van der Waals surface area contributed by atoms with Crippen LogP contribution in [0.25, 0.3) is 55.3 Å². The number of hydrogen-bond acceptors (Lipinski definition) is 2. The van der Waals surface area contributed by atoms with E-state index >= 15 is 0 Å². The predicted molar refractivity (Wildman–Crippen MR) is 138 cm³/mol. The summed E-state index contributed by atoms with van der Waals surface area (Å²) in [6.07, 6.45) is 0. The Labute approximate surface area is 199 Å². The lowest BCUT2D eigenvalue weighted by Gasteiger charge is -2.12. The molecule has 0 unspecified atom stereocenters. The van der Waals surface area contributed by atoms with Crippen molar-refractivity contribution in [3.63, 3.8) is 0 Å². The Morgan fingerprint density at radius 3 is 1.91 bits per heavy atom. The third-order valence-corrected chi connectivity index (χ3v) is 7.00. The highest BCUT2D eigenvalue weighted by Gasteiger charge is 2.20. The molecular formula is C26H14Br2N4. The quantitative estimate of drug-likeness (QED) is 0.214. The van der Waals surface area contributed by atoms with E-state index in [0.717, 1.165) is 53.5 Å². The van der Waals surface area contributed by atoms with E-state index in [1.165, 1.54) is 10.8 Å². The second kappa shape index (κ2) is 6.64. The van der Waals surface area contributed by atoms with Crippen LogP contribution < -0.4 is 0 Å². The van der Waals surface area contributed by atoms with Gasteiger partial charge in [-0.15, -0.1) is 0 Å². The van der Waals surface area contributed by atoms with Crippen molar-refractivity contribution < 1.29 is 0 Å². The van der Waals surface area contributed by atoms with E-state index in [-0.39, 0.29) is 0 Å². The van der Waals surface area contributed by atoms with Gasteiger partial charge in [0.2, 0.25) is 5.95 Å². The first-order valence-electron chi connectivity index (χ1n) is 10.2. The highest BCUT2D eigenvalue weighted by atomic mass is 79.9. The Hall–Kier alpha value is -3.22. The lowest BCUT2D eigenvalue weighted by Crippen LogP contribution is -2.06. The standard InChI is InChI=1S/C26H14Br2N4/c27-15-9-11-17-18-12-10-16(28)14-24(18)31(23(17)13-15)26-30-20-6-2-1-5-19(20)25-29-21-7-3-4-8-22(21)32(25)26/h1-14H. The molecule has 3 aromatic heterocycles. The van der Waals surface area contributed by atoms with Gasteiger partial charge in [-0.25, -0.2) is 9.97 Å². The molecular weight excluding hydrogens is 528 g/mol. The molecule has 7 aromatic rings. The van der Waals surface area contributed by atoms with Crippen molar-refractivity contribution in [2.45, 2.75) is 0 Å². The molecule has 4 nitrogen and oxygen atoms in total.